The number of hydrogen-bond acceptors (Lipinski definition) is 1. The van der Waals surface area contributed by atoms with Gasteiger partial charge in [0.25, 0.3) is 0 Å². The Hall–Kier alpha value is -1.88. The highest BCUT2D eigenvalue weighted by Crippen LogP contribution is 2.37. The lowest BCUT2D eigenvalue weighted by Crippen LogP contribution is -2.13. The molecule has 2 rings (SSSR count). The quantitative estimate of drug-likeness (QED) is 0.516. The first-order valence-electron chi connectivity index (χ1n) is 7.76. The first-order valence-corrected chi connectivity index (χ1v) is 7.76. The molecule has 0 amide bonds. The molecule has 1 fully saturated rings. The molecule has 1 aliphatic rings. The van der Waals surface area contributed by atoms with Crippen molar-refractivity contribution >= 4 is 0 Å². The van der Waals surface area contributed by atoms with Crippen molar-refractivity contribution < 1.29 is 4.39 Å². The zero-order valence-corrected chi connectivity index (χ0v) is 12.3. The van der Waals surface area contributed by atoms with Crippen LogP contribution in [0.15, 0.2) is 48.6 Å². The highest BCUT2D eigenvalue weighted by molar-refractivity contribution is 5.20. The summed E-state index contributed by atoms with van der Waals surface area (Å²) in [6.45, 7) is 0. The predicted molar refractivity (Wildman–Crippen MR) is 84.2 cm³/mol. The second-order valence-corrected chi connectivity index (χ2v) is 5.76. The van der Waals surface area contributed by atoms with Crippen LogP contribution in [0.4, 0.5) is 4.39 Å². The molecule has 0 radical (unpaired) electrons. The van der Waals surface area contributed by atoms with Crippen LogP contribution >= 0.6 is 0 Å². The number of allylic oxidation sites excluding steroid dienone is 4. The monoisotopic (exact) mass is 283 g/mol. The summed E-state index contributed by atoms with van der Waals surface area (Å²) in [4.78, 5) is 0. The predicted octanol–water partition coefficient (Wildman–Crippen LogP) is 5.52. The maximum atomic E-state index is 12.9. The summed E-state index contributed by atoms with van der Waals surface area (Å²) in [7, 11) is 0. The van der Waals surface area contributed by atoms with Gasteiger partial charge in [-0.1, -0.05) is 30.4 Å². The van der Waals surface area contributed by atoms with Crippen LogP contribution in [-0.2, 0) is 0 Å². The van der Waals surface area contributed by atoms with Crippen LogP contribution in [0.3, 0.4) is 0 Å². The first kappa shape index (κ1) is 15.5. The van der Waals surface area contributed by atoms with Crippen molar-refractivity contribution in [2.45, 2.75) is 44.4 Å². The van der Waals surface area contributed by atoms with Crippen LogP contribution in [0.1, 0.15) is 50.0 Å². The number of hydrogen-bond donors (Lipinski definition) is 0. The third-order valence-electron chi connectivity index (χ3n) is 4.35. The van der Waals surface area contributed by atoms with E-state index < -0.39 is 0 Å². The molecule has 0 aliphatic heterocycles. The van der Waals surface area contributed by atoms with Gasteiger partial charge in [-0.05, 0) is 68.1 Å². The van der Waals surface area contributed by atoms with Gasteiger partial charge in [0, 0.05) is 6.08 Å². The van der Waals surface area contributed by atoms with Crippen LogP contribution in [0, 0.1) is 23.1 Å². The van der Waals surface area contributed by atoms with E-state index in [1.807, 2.05) is 24.3 Å². The number of nitriles is 1. The summed E-state index contributed by atoms with van der Waals surface area (Å²) in [5.74, 6) is 1.27. The lowest BCUT2D eigenvalue weighted by molar-refractivity contribution is 0.312. The van der Waals surface area contributed by atoms with E-state index in [4.69, 9.17) is 5.26 Å². The first-order chi connectivity index (χ1) is 10.3. The minimum absolute atomic E-state index is 0.148. The summed E-state index contributed by atoms with van der Waals surface area (Å²) in [6, 6.07) is 8.99. The molecule has 21 heavy (non-hydrogen) atoms. The number of benzene rings is 1. The summed E-state index contributed by atoms with van der Waals surface area (Å²) < 4.78 is 12.9. The van der Waals surface area contributed by atoms with Crippen molar-refractivity contribution in [1.82, 2.24) is 0 Å². The minimum Gasteiger partial charge on any atom is -0.207 e. The van der Waals surface area contributed by atoms with Crippen molar-refractivity contribution in [1.29, 1.82) is 5.26 Å². The molecule has 0 saturated heterocycles. The van der Waals surface area contributed by atoms with E-state index in [-0.39, 0.29) is 5.82 Å². The minimum atomic E-state index is -0.148. The molecule has 1 aromatic rings. The van der Waals surface area contributed by atoms with E-state index in [0.29, 0.717) is 5.92 Å². The second kappa shape index (κ2) is 8.42. The average molecular weight is 283 g/mol. The lowest BCUT2D eigenvalue weighted by atomic mass is 9.77. The molecule has 2 heteroatoms. The molecule has 0 spiro atoms. The van der Waals surface area contributed by atoms with Crippen LogP contribution in [-0.4, -0.2) is 0 Å². The van der Waals surface area contributed by atoms with Gasteiger partial charge in [-0.25, -0.2) is 4.39 Å². The fraction of sp³-hybridized carbons (Fsp3) is 0.421. The highest BCUT2D eigenvalue weighted by atomic mass is 19.1. The Balaban J connectivity index is 1.71. The van der Waals surface area contributed by atoms with Gasteiger partial charge in [-0.2, -0.15) is 5.26 Å². The van der Waals surface area contributed by atoms with Gasteiger partial charge in [0.1, 0.15) is 5.82 Å². The molecule has 1 nitrogen and oxygen atoms in total. The van der Waals surface area contributed by atoms with Gasteiger partial charge in [0.2, 0.25) is 0 Å². The van der Waals surface area contributed by atoms with E-state index in [9.17, 15) is 4.39 Å². The number of halogens is 1. The molecule has 0 unspecified atom stereocenters. The van der Waals surface area contributed by atoms with Gasteiger partial charge in [-0.3, -0.25) is 0 Å². The molecule has 0 atom stereocenters. The number of nitrogens with zero attached hydrogens (tertiary/aromatic N) is 1. The van der Waals surface area contributed by atoms with Gasteiger partial charge in [-0.15, -0.1) is 0 Å². The summed E-state index contributed by atoms with van der Waals surface area (Å²) in [5, 5.41) is 8.37. The van der Waals surface area contributed by atoms with E-state index in [2.05, 4.69) is 6.08 Å². The molecule has 110 valence electrons. The van der Waals surface area contributed by atoms with Gasteiger partial charge in [0.15, 0.2) is 0 Å². The summed E-state index contributed by atoms with van der Waals surface area (Å²) in [6.07, 6.45) is 14.6. The third kappa shape index (κ3) is 5.19. The van der Waals surface area contributed by atoms with Crippen molar-refractivity contribution in [3.05, 3.63) is 60.0 Å². The second-order valence-electron chi connectivity index (χ2n) is 5.76. The fourth-order valence-electron chi connectivity index (χ4n) is 3.12. The summed E-state index contributed by atoms with van der Waals surface area (Å²) in [5.41, 5.74) is 1.29. The average Bonchev–Trinajstić information content (AvgIpc) is 2.52. The lowest BCUT2D eigenvalue weighted by Gasteiger charge is -2.28. The molecule has 0 aromatic heterocycles. The molecular weight excluding hydrogens is 261 g/mol. The molecule has 0 N–H and O–H groups in total. The zero-order valence-electron chi connectivity index (χ0n) is 12.3. The SMILES string of the molecule is N#CC=CC=CCCC1CCC(c2ccc(F)cc2)CC1. The van der Waals surface area contributed by atoms with Crippen LogP contribution in [0.2, 0.25) is 0 Å². The van der Waals surface area contributed by atoms with Crippen molar-refractivity contribution in [2.75, 3.05) is 0 Å². The van der Waals surface area contributed by atoms with Gasteiger partial charge >= 0.3 is 0 Å². The Morgan fingerprint density at radius 1 is 1.10 bits per heavy atom. The van der Waals surface area contributed by atoms with E-state index in [1.54, 1.807) is 18.2 Å². The maximum absolute atomic E-state index is 12.9. The van der Waals surface area contributed by atoms with E-state index in [0.717, 1.165) is 12.3 Å². The molecule has 0 bridgehead atoms. The van der Waals surface area contributed by atoms with E-state index >= 15 is 0 Å². The highest BCUT2D eigenvalue weighted by Gasteiger charge is 2.21. The van der Waals surface area contributed by atoms with Crippen LogP contribution < -0.4 is 0 Å². The topological polar surface area (TPSA) is 23.8 Å². The molecule has 1 aliphatic carbocycles. The normalized spacial score (nSPS) is 22.7. The standard InChI is InChI=1S/C19H22FN/c20-19-13-11-18(12-14-19)17-9-7-16(8-10-17)6-4-2-1-3-5-15-21/h1-3,5,11-14,16-17H,4,6-10H2. The largest absolute Gasteiger partial charge is 0.207 e. The van der Waals surface area contributed by atoms with Crippen LogP contribution in [0.25, 0.3) is 0 Å². The Labute approximate surface area is 126 Å². The van der Waals surface area contributed by atoms with Crippen LogP contribution in [0.5, 0.6) is 0 Å². The van der Waals surface area contributed by atoms with E-state index in [1.165, 1.54) is 43.7 Å². The van der Waals surface area contributed by atoms with Gasteiger partial charge < -0.3 is 0 Å². The Morgan fingerprint density at radius 2 is 1.81 bits per heavy atom. The Morgan fingerprint density at radius 3 is 2.48 bits per heavy atom. The maximum Gasteiger partial charge on any atom is 0.123 e. The Kier molecular flexibility index (Phi) is 6.22. The van der Waals surface area contributed by atoms with Crippen molar-refractivity contribution in [3.8, 4) is 6.07 Å². The van der Waals surface area contributed by atoms with Crippen molar-refractivity contribution in [3.63, 3.8) is 0 Å². The van der Waals surface area contributed by atoms with Gasteiger partial charge in [0.05, 0.1) is 6.07 Å². The summed E-state index contributed by atoms with van der Waals surface area (Å²) >= 11 is 0. The number of rotatable bonds is 5. The molecule has 0 heterocycles. The third-order valence-corrected chi connectivity index (χ3v) is 4.35. The fourth-order valence-corrected chi connectivity index (χ4v) is 3.12. The molecule has 1 saturated carbocycles. The Bertz CT molecular complexity index is 513. The molecule has 1 aromatic carbocycles. The van der Waals surface area contributed by atoms with Crippen molar-refractivity contribution in [2.24, 2.45) is 5.92 Å². The zero-order chi connectivity index (χ0) is 14.9. The molecular formula is C19H22FN. The smallest absolute Gasteiger partial charge is 0.123 e.